The lowest BCUT2D eigenvalue weighted by Crippen LogP contribution is -2.46. The second kappa shape index (κ2) is 8.65. The number of amides is 2. The topological polar surface area (TPSA) is 75.2 Å². The highest BCUT2D eigenvalue weighted by atomic mass is 35.5. The van der Waals surface area contributed by atoms with Crippen molar-refractivity contribution in [3.63, 3.8) is 0 Å². The second-order valence-electron chi connectivity index (χ2n) is 7.02. The molecule has 144 valence electrons. The highest BCUT2D eigenvalue weighted by molar-refractivity contribution is 6.17. The van der Waals surface area contributed by atoms with Gasteiger partial charge in [0.25, 0.3) is 5.91 Å². The van der Waals surface area contributed by atoms with Crippen LogP contribution in [0.3, 0.4) is 0 Å². The van der Waals surface area contributed by atoms with E-state index in [9.17, 15) is 9.59 Å². The van der Waals surface area contributed by atoms with E-state index >= 15 is 0 Å². The number of carbonyl (C=O) groups is 2. The van der Waals surface area contributed by atoms with Crippen LogP contribution in [0.15, 0.2) is 18.2 Å². The summed E-state index contributed by atoms with van der Waals surface area (Å²) in [6, 6.07) is 5.49. The fourth-order valence-electron chi connectivity index (χ4n) is 3.29. The fourth-order valence-corrected chi connectivity index (χ4v) is 3.42. The summed E-state index contributed by atoms with van der Waals surface area (Å²) < 4.78 is 0. The van der Waals surface area contributed by atoms with E-state index in [0.29, 0.717) is 37.4 Å². The number of fused-ring (bicyclic) bond motifs is 1. The van der Waals surface area contributed by atoms with Crippen LogP contribution in [-0.2, 0) is 4.79 Å². The lowest BCUT2D eigenvalue weighted by Gasteiger charge is -2.32. The number of likely N-dealkylation sites (tertiary alicyclic amines) is 1. The number of aromatic nitrogens is 2. The third kappa shape index (κ3) is 4.75. The van der Waals surface area contributed by atoms with E-state index in [1.54, 1.807) is 12.1 Å². The zero-order valence-corrected chi connectivity index (χ0v) is 16.6. The lowest BCUT2D eigenvalue weighted by molar-refractivity contribution is -0.132. The Morgan fingerprint density at radius 3 is 2.48 bits per heavy atom. The first-order chi connectivity index (χ1) is 13.0. The molecule has 6 nitrogen and oxygen atoms in total. The molecule has 2 amide bonds. The van der Waals surface area contributed by atoms with Gasteiger partial charge < -0.3 is 10.2 Å². The Bertz CT molecular complexity index is 847. The Balaban J connectivity index is 1.59. The second-order valence-corrected chi connectivity index (χ2v) is 7.40. The van der Waals surface area contributed by atoms with Gasteiger partial charge in [0, 0.05) is 37.0 Å². The molecule has 1 aromatic carbocycles. The van der Waals surface area contributed by atoms with Gasteiger partial charge in [0.1, 0.15) is 0 Å². The highest BCUT2D eigenvalue weighted by Gasteiger charge is 2.24. The van der Waals surface area contributed by atoms with Gasteiger partial charge in [0.15, 0.2) is 0 Å². The molecule has 1 aliphatic heterocycles. The number of piperidine rings is 1. The number of halogens is 1. The highest BCUT2D eigenvalue weighted by Crippen LogP contribution is 2.16. The molecule has 0 aliphatic carbocycles. The normalized spacial score (nSPS) is 15.1. The van der Waals surface area contributed by atoms with Crippen molar-refractivity contribution in [3.8, 4) is 0 Å². The summed E-state index contributed by atoms with van der Waals surface area (Å²) in [5.74, 6) is 0.552. The molecule has 3 rings (SSSR count). The number of benzene rings is 1. The van der Waals surface area contributed by atoms with Crippen LogP contribution in [0, 0.1) is 13.8 Å². The minimum atomic E-state index is -0.108. The van der Waals surface area contributed by atoms with Crippen molar-refractivity contribution in [1.82, 2.24) is 20.2 Å². The smallest absolute Gasteiger partial charge is 0.251 e. The van der Waals surface area contributed by atoms with Gasteiger partial charge in [0.2, 0.25) is 5.91 Å². The largest absolute Gasteiger partial charge is 0.349 e. The molecule has 27 heavy (non-hydrogen) atoms. The number of nitrogens with one attached hydrogen (secondary N) is 1. The molecule has 0 bridgehead atoms. The van der Waals surface area contributed by atoms with Crippen molar-refractivity contribution in [1.29, 1.82) is 0 Å². The summed E-state index contributed by atoms with van der Waals surface area (Å²) >= 11 is 5.65. The molecule has 1 aliphatic rings. The minimum absolute atomic E-state index is 0.0797. The zero-order chi connectivity index (χ0) is 19.4. The van der Waals surface area contributed by atoms with Gasteiger partial charge in [0.05, 0.1) is 22.4 Å². The molecule has 0 spiro atoms. The summed E-state index contributed by atoms with van der Waals surface area (Å²) in [6.45, 7) is 5.19. The van der Waals surface area contributed by atoms with Crippen LogP contribution in [0.25, 0.3) is 11.0 Å². The van der Waals surface area contributed by atoms with E-state index in [0.717, 1.165) is 35.3 Å². The third-order valence-corrected chi connectivity index (χ3v) is 5.31. The van der Waals surface area contributed by atoms with E-state index in [2.05, 4.69) is 15.3 Å². The monoisotopic (exact) mass is 388 g/mol. The van der Waals surface area contributed by atoms with Gasteiger partial charge in [-0.25, -0.2) is 9.97 Å². The van der Waals surface area contributed by atoms with Crippen molar-refractivity contribution in [2.24, 2.45) is 0 Å². The number of alkyl halides is 1. The van der Waals surface area contributed by atoms with Crippen LogP contribution in [0.5, 0.6) is 0 Å². The lowest BCUT2D eigenvalue weighted by atomic mass is 10.0. The molecule has 2 aromatic rings. The van der Waals surface area contributed by atoms with Crippen molar-refractivity contribution in [2.75, 3.05) is 19.0 Å². The Morgan fingerprint density at radius 2 is 1.81 bits per heavy atom. The number of hydrogen-bond donors (Lipinski definition) is 1. The molecular formula is C20H25ClN4O2. The summed E-state index contributed by atoms with van der Waals surface area (Å²) in [5.41, 5.74) is 3.86. The Labute approximate surface area is 164 Å². The maximum absolute atomic E-state index is 12.6. The Hall–Kier alpha value is -2.21. The van der Waals surface area contributed by atoms with E-state index in [4.69, 9.17) is 11.6 Å². The number of carbonyl (C=O) groups excluding carboxylic acids is 2. The molecule has 0 radical (unpaired) electrons. The maximum Gasteiger partial charge on any atom is 0.251 e. The molecule has 1 fully saturated rings. The number of hydrogen-bond acceptors (Lipinski definition) is 4. The maximum atomic E-state index is 12.6. The van der Waals surface area contributed by atoms with E-state index < -0.39 is 0 Å². The van der Waals surface area contributed by atoms with Crippen LogP contribution in [0.2, 0.25) is 0 Å². The van der Waals surface area contributed by atoms with Crippen molar-refractivity contribution >= 4 is 34.4 Å². The minimum Gasteiger partial charge on any atom is -0.349 e. The van der Waals surface area contributed by atoms with E-state index in [1.165, 1.54) is 0 Å². The molecule has 1 N–H and O–H groups in total. The van der Waals surface area contributed by atoms with Gasteiger partial charge in [-0.15, -0.1) is 11.6 Å². The molecule has 2 heterocycles. The fraction of sp³-hybridized carbons (Fsp3) is 0.500. The van der Waals surface area contributed by atoms with Crippen molar-refractivity contribution < 1.29 is 9.59 Å². The molecule has 1 saturated heterocycles. The van der Waals surface area contributed by atoms with Crippen LogP contribution >= 0.6 is 11.6 Å². The molecule has 0 atom stereocenters. The first-order valence-electron chi connectivity index (χ1n) is 9.37. The van der Waals surface area contributed by atoms with Crippen LogP contribution in [-0.4, -0.2) is 51.7 Å². The van der Waals surface area contributed by atoms with Crippen LogP contribution in [0.1, 0.15) is 47.4 Å². The van der Waals surface area contributed by atoms with E-state index in [-0.39, 0.29) is 17.9 Å². The van der Waals surface area contributed by atoms with Gasteiger partial charge in [-0.3, -0.25) is 9.59 Å². The Morgan fingerprint density at radius 1 is 1.15 bits per heavy atom. The number of nitrogens with zero attached hydrogens (tertiary/aromatic N) is 3. The molecular weight excluding hydrogens is 364 g/mol. The third-order valence-electron chi connectivity index (χ3n) is 5.04. The van der Waals surface area contributed by atoms with E-state index in [1.807, 2.05) is 24.8 Å². The molecule has 1 aromatic heterocycles. The summed E-state index contributed by atoms with van der Waals surface area (Å²) in [7, 11) is 0. The average Bonchev–Trinajstić information content (AvgIpc) is 2.67. The SMILES string of the molecule is Cc1nc2ccc(C(=O)NC3CCN(C(=O)CCCCl)CC3)cc2nc1C. The molecule has 0 unspecified atom stereocenters. The molecule has 0 saturated carbocycles. The van der Waals surface area contributed by atoms with Crippen LogP contribution < -0.4 is 5.32 Å². The zero-order valence-electron chi connectivity index (χ0n) is 15.8. The number of rotatable bonds is 5. The van der Waals surface area contributed by atoms with Crippen molar-refractivity contribution in [3.05, 3.63) is 35.2 Å². The molecule has 7 heteroatoms. The van der Waals surface area contributed by atoms with Crippen molar-refractivity contribution in [2.45, 2.75) is 45.6 Å². The quantitative estimate of drug-likeness (QED) is 0.799. The van der Waals surface area contributed by atoms with Gasteiger partial charge >= 0.3 is 0 Å². The predicted octanol–water partition coefficient (Wildman–Crippen LogP) is 2.99. The first kappa shape index (κ1) is 19.5. The first-order valence-corrected chi connectivity index (χ1v) is 9.91. The summed E-state index contributed by atoms with van der Waals surface area (Å²) in [6.07, 6.45) is 2.74. The average molecular weight is 389 g/mol. The van der Waals surface area contributed by atoms with Gasteiger partial charge in [-0.1, -0.05) is 0 Å². The van der Waals surface area contributed by atoms with Gasteiger partial charge in [-0.05, 0) is 51.3 Å². The predicted molar refractivity (Wildman–Crippen MR) is 106 cm³/mol. The summed E-state index contributed by atoms with van der Waals surface area (Å²) in [4.78, 5) is 35.5. The summed E-state index contributed by atoms with van der Waals surface area (Å²) in [5, 5.41) is 3.08. The standard InChI is InChI=1S/C20H25ClN4O2/c1-13-14(2)23-18-12-15(5-6-17(18)22-13)20(27)24-16-7-10-25(11-8-16)19(26)4-3-9-21/h5-6,12,16H,3-4,7-11H2,1-2H3,(H,24,27). The number of aryl methyl sites for hydroxylation is 2. The van der Waals surface area contributed by atoms with Crippen LogP contribution in [0.4, 0.5) is 0 Å². The Kier molecular flexibility index (Phi) is 6.26. The van der Waals surface area contributed by atoms with Gasteiger partial charge in [-0.2, -0.15) is 0 Å².